The van der Waals surface area contributed by atoms with Gasteiger partial charge in [-0.3, -0.25) is 0 Å². The van der Waals surface area contributed by atoms with E-state index < -0.39 is 0 Å². The van der Waals surface area contributed by atoms with Gasteiger partial charge in [0.1, 0.15) is 24.7 Å². The van der Waals surface area contributed by atoms with Gasteiger partial charge in [-0.15, -0.1) is 0 Å². The highest BCUT2D eigenvalue weighted by Crippen LogP contribution is 2.19. The summed E-state index contributed by atoms with van der Waals surface area (Å²) in [4.78, 5) is 0. The van der Waals surface area contributed by atoms with Crippen LogP contribution in [-0.4, -0.2) is 19.3 Å². The average molecular weight is 286 g/mol. The fourth-order valence-corrected chi connectivity index (χ4v) is 1.92. The Morgan fingerprint density at radius 1 is 0.857 bits per heavy atom. The molecule has 0 aliphatic heterocycles. The van der Waals surface area contributed by atoms with Gasteiger partial charge >= 0.3 is 0 Å². The molecule has 1 unspecified atom stereocenters. The Bertz CT molecular complexity index is 508. The van der Waals surface area contributed by atoms with Crippen LogP contribution >= 0.6 is 0 Å². The SMILES string of the molecule is CCOC(C)COc1ccc(OCc2ccccc2)cc1. The first-order valence-corrected chi connectivity index (χ1v) is 7.29. The van der Waals surface area contributed by atoms with Crippen molar-refractivity contribution in [3.05, 3.63) is 60.2 Å². The molecule has 0 amide bonds. The van der Waals surface area contributed by atoms with E-state index in [9.17, 15) is 0 Å². The molecule has 0 saturated heterocycles. The van der Waals surface area contributed by atoms with Gasteiger partial charge in [0, 0.05) is 6.61 Å². The molecule has 0 aromatic heterocycles. The van der Waals surface area contributed by atoms with E-state index >= 15 is 0 Å². The van der Waals surface area contributed by atoms with Crippen molar-refractivity contribution in [1.82, 2.24) is 0 Å². The van der Waals surface area contributed by atoms with Crippen molar-refractivity contribution >= 4 is 0 Å². The second-order valence-electron chi connectivity index (χ2n) is 4.82. The molecule has 0 spiro atoms. The number of benzene rings is 2. The maximum Gasteiger partial charge on any atom is 0.120 e. The Labute approximate surface area is 126 Å². The third-order valence-corrected chi connectivity index (χ3v) is 3.01. The third-order valence-electron chi connectivity index (χ3n) is 3.01. The van der Waals surface area contributed by atoms with E-state index in [0.717, 1.165) is 17.1 Å². The van der Waals surface area contributed by atoms with Gasteiger partial charge in [-0.25, -0.2) is 0 Å². The van der Waals surface area contributed by atoms with Gasteiger partial charge < -0.3 is 14.2 Å². The van der Waals surface area contributed by atoms with E-state index in [1.54, 1.807) is 0 Å². The van der Waals surface area contributed by atoms with Crippen LogP contribution in [0.4, 0.5) is 0 Å². The smallest absolute Gasteiger partial charge is 0.120 e. The van der Waals surface area contributed by atoms with Crippen molar-refractivity contribution in [2.75, 3.05) is 13.2 Å². The minimum atomic E-state index is 0.101. The van der Waals surface area contributed by atoms with Crippen LogP contribution in [0.5, 0.6) is 11.5 Å². The second kappa shape index (κ2) is 8.32. The van der Waals surface area contributed by atoms with E-state index in [2.05, 4.69) is 0 Å². The van der Waals surface area contributed by atoms with Crippen LogP contribution in [0.2, 0.25) is 0 Å². The van der Waals surface area contributed by atoms with E-state index in [1.807, 2.05) is 68.4 Å². The van der Waals surface area contributed by atoms with Crippen LogP contribution in [-0.2, 0) is 11.3 Å². The zero-order valence-electron chi connectivity index (χ0n) is 12.6. The summed E-state index contributed by atoms with van der Waals surface area (Å²) >= 11 is 0. The molecule has 0 fully saturated rings. The summed E-state index contributed by atoms with van der Waals surface area (Å²) in [6.45, 7) is 5.81. The van der Waals surface area contributed by atoms with Crippen LogP contribution in [0.15, 0.2) is 54.6 Å². The lowest BCUT2D eigenvalue weighted by atomic mass is 10.2. The molecule has 0 bridgehead atoms. The minimum Gasteiger partial charge on any atom is -0.491 e. The Morgan fingerprint density at radius 3 is 2.10 bits per heavy atom. The number of ether oxygens (including phenoxy) is 3. The van der Waals surface area contributed by atoms with Crippen LogP contribution < -0.4 is 9.47 Å². The molecule has 3 heteroatoms. The lowest BCUT2D eigenvalue weighted by molar-refractivity contribution is 0.0402. The molecule has 0 saturated carbocycles. The van der Waals surface area contributed by atoms with Gasteiger partial charge in [0.2, 0.25) is 0 Å². The molecule has 0 heterocycles. The predicted molar refractivity (Wildman–Crippen MR) is 83.8 cm³/mol. The zero-order chi connectivity index (χ0) is 14.9. The van der Waals surface area contributed by atoms with Gasteiger partial charge in [-0.2, -0.15) is 0 Å². The van der Waals surface area contributed by atoms with Gasteiger partial charge in [-0.1, -0.05) is 30.3 Å². The summed E-state index contributed by atoms with van der Waals surface area (Å²) in [5.74, 6) is 1.66. The number of hydrogen-bond donors (Lipinski definition) is 0. The molecule has 2 rings (SSSR count). The third kappa shape index (κ3) is 5.48. The van der Waals surface area contributed by atoms with Crippen molar-refractivity contribution < 1.29 is 14.2 Å². The molecule has 21 heavy (non-hydrogen) atoms. The fraction of sp³-hybridized carbons (Fsp3) is 0.333. The highest BCUT2D eigenvalue weighted by molar-refractivity contribution is 5.31. The van der Waals surface area contributed by atoms with Crippen LogP contribution in [0, 0.1) is 0 Å². The van der Waals surface area contributed by atoms with E-state index in [-0.39, 0.29) is 6.10 Å². The normalized spacial score (nSPS) is 11.9. The summed E-state index contributed by atoms with van der Waals surface area (Å²) in [6.07, 6.45) is 0.101. The van der Waals surface area contributed by atoms with Crippen molar-refractivity contribution in [3.8, 4) is 11.5 Å². The molecule has 0 aliphatic carbocycles. The summed E-state index contributed by atoms with van der Waals surface area (Å²) in [5, 5.41) is 0. The summed E-state index contributed by atoms with van der Waals surface area (Å²) < 4.78 is 16.8. The molecule has 2 aromatic rings. The Morgan fingerprint density at radius 2 is 1.48 bits per heavy atom. The maximum atomic E-state index is 5.73. The molecule has 0 radical (unpaired) electrons. The Hall–Kier alpha value is -2.00. The highest BCUT2D eigenvalue weighted by atomic mass is 16.5. The van der Waals surface area contributed by atoms with Gasteiger partial charge in [0.15, 0.2) is 0 Å². The summed E-state index contributed by atoms with van der Waals surface area (Å²) in [7, 11) is 0. The maximum absolute atomic E-state index is 5.73. The van der Waals surface area contributed by atoms with E-state index in [4.69, 9.17) is 14.2 Å². The molecular formula is C18H22O3. The second-order valence-corrected chi connectivity index (χ2v) is 4.82. The molecule has 3 nitrogen and oxygen atoms in total. The topological polar surface area (TPSA) is 27.7 Å². The minimum absolute atomic E-state index is 0.101. The van der Waals surface area contributed by atoms with E-state index in [0.29, 0.717) is 19.8 Å². The van der Waals surface area contributed by atoms with Gasteiger partial charge in [-0.05, 0) is 43.7 Å². The molecule has 0 aliphatic rings. The fourth-order valence-electron chi connectivity index (χ4n) is 1.92. The standard InChI is InChI=1S/C18H22O3/c1-3-19-15(2)13-20-17-9-11-18(12-10-17)21-14-16-7-5-4-6-8-16/h4-12,15H,3,13-14H2,1-2H3. The summed E-state index contributed by atoms with van der Waals surface area (Å²) in [6, 6.07) is 17.8. The first kappa shape index (κ1) is 15.4. The molecule has 1 atom stereocenters. The summed E-state index contributed by atoms with van der Waals surface area (Å²) in [5.41, 5.74) is 1.16. The van der Waals surface area contributed by atoms with Crippen molar-refractivity contribution in [3.63, 3.8) is 0 Å². The van der Waals surface area contributed by atoms with Crippen molar-refractivity contribution in [2.24, 2.45) is 0 Å². The molecule has 0 N–H and O–H groups in total. The number of rotatable bonds is 8. The molecule has 112 valence electrons. The zero-order valence-corrected chi connectivity index (χ0v) is 12.6. The molecule has 2 aromatic carbocycles. The molecular weight excluding hydrogens is 264 g/mol. The van der Waals surface area contributed by atoms with Crippen molar-refractivity contribution in [1.29, 1.82) is 0 Å². The quantitative estimate of drug-likeness (QED) is 0.732. The monoisotopic (exact) mass is 286 g/mol. The lowest BCUT2D eigenvalue weighted by Crippen LogP contribution is -2.17. The van der Waals surface area contributed by atoms with Crippen LogP contribution in [0.1, 0.15) is 19.4 Å². The van der Waals surface area contributed by atoms with Gasteiger partial charge in [0.25, 0.3) is 0 Å². The lowest BCUT2D eigenvalue weighted by Gasteiger charge is -2.13. The average Bonchev–Trinajstić information content (AvgIpc) is 2.53. The largest absolute Gasteiger partial charge is 0.491 e. The first-order chi connectivity index (χ1) is 10.3. The highest BCUT2D eigenvalue weighted by Gasteiger charge is 2.02. The van der Waals surface area contributed by atoms with Crippen LogP contribution in [0.3, 0.4) is 0 Å². The van der Waals surface area contributed by atoms with E-state index in [1.165, 1.54) is 0 Å². The van der Waals surface area contributed by atoms with Crippen LogP contribution in [0.25, 0.3) is 0 Å². The van der Waals surface area contributed by atoms with Gasteiger partial charge in [0.05, 0.1) is 6.10 Å². The van der Waals surface area contributed by atoms with Crippen molar-refractivity contribution in [2.45, 2.75) is 26.6 Å². The number of hydrogen-bond acceptors (Lipinski definition) is 3. The first-order valence-electron chi connectivity index (χ1n) is 7.29. The Kier molecular flexibility index (Phi) is 6.10. The predicted octanol–water partition coefficient (Wildman–Crippen LogP) is 4.07. The Balaban J connectivity index is 1.79.